The number of aromatic carboxylic acids is 1. The van der Waals surface area contributed by atoms with E-state index in [1.165, 1.54) is 21.8 Å². The summed E-state index contributed by atoms with van der Waals surface area (Å²) in [5.74, 6) is -1.03. The first-order chi connectivity index (χ1) is 12.7. The van der Waals surface area contributed by atoms with Crippen molar-refractivity contribution in [3.8, 4) is 16.4 Å². The molecule has 1 aliphatic carbocycles. The van der Waals surface area contributed by atoms with Crippen molar-refractivity contribution in [2.75, 3.05) is 0 Å². The summed E-state index contributed by atoms with van der Waals surface area (Å²) in [4.78, 5) is 16.8. The largest absolute Gasteiger partial charge is 0.476 e. The normalized spacial score (nSPS) is 13.2. The van der Waals surface area contributed by atoms with Crippen molar-refractivity contribution in [3.05, 3.63) is 57.2 Å². The molecule has 0 fully saturated rings. The molecule has 3 heterocycles. The summed E-state index contributed by atoms with van der Waals surface area (Å²) in [6.07, 6.45) is 6.55. The number of hydrogen-bond acceptors (Lipinski definition) is 5. The minimum absolute atomic E-state index is 0.0435. The molecule has 0 aliphatic heterocycles. The number of nitrogens with zero attached hydrogens (tertiary/aromatic N) is 3. The van der Waals surface area contributed by atoms with Crippen molar-refractivity contribution in [1.82, 2.24) is 14.8 Å². The van der Waals surface area contributed by atoms with E-state index < -0.39 is 5.97 Å². The molecule has 0 spiro atoms. The Morgan fingerprint density at radius 1 is 1.19 bits per heavy atom. The van der Waals surface area contributed by atoms with Crippen LogP contribution in [0.3, 0.4) is 0 Å². The van der Waals surface area contributed by atoms with Gasteiger partial charge < -0.3 is 5.11 Å². The van der Waals surface area contributed by atoms with Gasteiger partial charge >= 0.3 is 5.97 Å². The zero-order chi connectivity index (χ0) is 17.7. The molecule has 0 amide bonds. The number of benzene rings is 1. The molecule has 5 rings (SSSR count). The monoisotopic (exact) mass is 379 g/mol. The van der Waals surface area contributed by atoms with Crippen LogP contribution in [0, 0.1) is 0 Å². The Labute approximate surface area is 156 Å². The minimum atomic E-state index is -1.03. The molecule has 0 saturated carbocycles. The maximum absolute atomic E-state index is 11.2. The number of thiophene rings is 1. The molecule has 128 valence electrons. The van der Waals surface area contributed by atoms with E-state index in [0.29, 0.717) is 5.13 Å². The molecule has 0 bridgehead atoms. The Balaban J connectivity index is 1.74. The van der Waals surface area contributed by atoms with Gasteiger partial charge in [-0.05, 0) is 24.5 Å². The van der Waals surface area contributed by atoms with Crippen molar-refractivity contribution in [3.63, 3.8) is 0 Å². The molecule has 0 unspecified atom stereocenters. The van der Waals surface area contributed by atoms with Crippen molar-refractivity contribution in [2.45, 2.75) is 12.8 Å². The Morgan fingerprint density at radius 3 is 2.92 bits per heavy atom. The first kappa shape index (κ1) is 15.5. The third-order valence-corrected chi connectivity index (χ3v) is 6.35. The predicted molar refractivity (Wildman–Crippen MR) is 104 cm³/mol. The Kier molecular flexibility index (Phi) is 3.51. The smallest absolute Gasteiger partial charge is 0.355 e. The topological polar surface area (TPSA) is 68.0 Å². The SMILES string of the molecule is O=C(O)c1csc(-n2nc(-c3csc4c3C=CCC4)c3ccccc32)n1. The predicted octanol–water partition coefficient (Wildman–Crippen LogP) is 4.87. The number of aryl methyl sites for hydroxylation is 1. The van der Waals surface area contributed by atoms with Crippen LogP contribution >= 0.6 is 22.7 Å². The third kappa shape index (κ3) is 2.32. The van der Waals surface area contributed by atoms with Gasteiger partial charge in [-0.3, -0.25) is 0 Å². The summed E-state index contributed by atoms with van der Waals surface area (Å²) in [6, 6.07) is 7.99. The van der Waals surface area contributed by atoms with E-state index in [9.17, 15) is 4.79 Å². The number of fused-ring (bicyclic) bond motifs is 2. The zero-order valence-corrected chi connectivity index (χ0v) is 15.2. The molecule has 1 aromatic carbocycles. The molecule has 1 aliphatic rings. The average Bonchev–Trinajstić information content (AvgIpc) is 3.37. The van der Waals surface area contributed by atoms with Crippen molar-refractivity contribution >= 4 is 45.6 Å². The fraction of sp³-hybridized carbons (Fsp3) is 0.105. The summed E-state index contributed by atoms with van der Waals surface area (Å²) >= 11 is 3.06. The lowest BCUT2D eigenvalue weighted by Crippen LogP contribution is -2.00. The van der Waals surface area contributed by atoms with Gasteiger partial charge in [0.1, 0.15) is 5.69 Å². The van der Waals surface area contributed by atoms with E-state index in [0.717, 1.165) is 35.0 Å². The van der Waals surface area contributed by atoms with Crippen molar-refractivity contribution < 1.29 is 9.90 Å². The number of carboxylic acids is 1. The number of aromatic nitrogens is 3. The highest BCUT2D eigenvalue weighted by Gasteiger charge is 2.21. The van der Waals surface area contributed by atoms with Gasteiger partial charge in [-0.2, -0.15) is 5.10 Å². The fourth-order valence-electron chi connectivity index (χ4n) is 3.25. The molecule has 0 radical (unpaired) electrons. The van der Waals surface area contributed by atoms with Crippen LogP contribution < -0.4 is 0 Å². The van der Waals surface area contributed by atoms with Crippen LogP contribution in [-0.4, -0.2) is 25.8 Å². The van der Waals surface area contributed by atoms with Crippen LogP contribution in [0.4, 0.5) is 0 Å². The standard InChI is InChI=1S/C19H13N3O2S2/c23-18(24)14-10-26-19(20-14)22-15-7-3-1-6-12(15)17(21-22)13-9-25-16-8-4-2-5-11(13)16/h1-3,5-7,9-10H,4,8H2,(H,23,24). The molecule has 7 heteroatoms. The number of carbonyl (C=O) groups is 1. The van der Waals surface area contributed by atoms with Gasteiger partial charge in [-0.25, -0.2) is 14.5 Å². The quantitative estimate of drug-likeness (QED) is 0.551. The molecule has 1 N–H and O–H groups in total. The number of hydrogen-bond donors (Lipinski definition) is 1. The van der Waals surface area contributed by atoms with Gasteiger partial charge in [0, 0.05) is 26.6 Å². The van der Waals surface area contributed by atoms with Crippen LogP contribution in [0.1, 0.15) is 27.3 Å². The van der Waals surface area contributed by atoms with Gasteiger partial charge in [0.05, 0.1) is 5.52 Å². The number of carboxylic acid groups (broad SMARTS) is 1. The molecular weight excluding hydrogens is 366 g/mol. The fourth-order valence-corrected chi connectivity index (χ4v) is 5.05. The van der Waals surface area contributed by atoms with E-state index in [-0.39, 0.29) is 5.69 Å². The van der Waals surface area contributed by atoms with Gasteiger partial charge in [0.15, 0.2) is 5.69 Å². The number of allylic oxidation sites excluding steroid dienone is 1. The van der Waals surface area contributed by atoms with Crippen LogP contribution in [0.15, 0.2) is 41.1 Å². The molecule has 0 atom stereocenters. The van der Waals surface area contributed by atoms with Crippen LogP contribution in [-0.2, 0) is 6.42 Å². The maximum atomic E-state index is 11.2. The summed E-state index contributed by atoms with van der Waals surface area (Å²) < 4.78 is 1.75. The molecule has 4 aromatic rings. The Bertz CT molecular complexity index is 1180. The van der Waals surface area contributed by atoms with Crippen LogP contribution in [0.25, 0.3) is 33.4 Å². The second kappa shape index (κ2) is 5.89. The highest BCUT2D eigenvalue weighted by atomic mass is 32.1. The molecule has 3 aromatic heterocycles. The number of thiazole rings is 1. The number of para-hydroxylation sites is 1. The van der Waals surface area contributed by atoms with E-state index >= 15 is 0 Å². The molecule has 0 saturated heterocycles. The van der Waals surface area contributed by atoms with Gasteiger partial charge in [0.2, 0.25) is 5.13 Å². The average molecular weight is 379 g/mol. The first-order valence-corrected chi connectivity index (χ1v) is 9.92. The molecular formula is C19H13N3O2S2. The molecule has 5 nitrogen and oxygen atoms in total. The zero-order valence-electron chi connectivity index (χ0n) is 13.5. The minimum Gasteiger partial charge on any atom is -0.476 e. The highest BCUT2D eigenvalue weighted by Crippen LogP contribution is 2.39. The van der Waals surface area contributed by atoms with Gasteiger partial charge in [-0.1, -0.05) is 30.4 Å². The molecule has 26 heavy (non-hydrogen) atoms. The van der Waals surface area contributed by atoms with E-state index in [4.69, 9.17) is 10.2 Å². The van der Waals surface area contributed by atoms with Gasteiger partial charge in [0.25, 0.3) is 0 Å². The lowest BCUT2D eigenvalue weighted by Gasteiger charge is -2.05. The van der Waals surface area contributed by atoms with Crippen molar-refractivity contribution in [2.24, 2.45) is 0 Å². The van der Waals surface area contributed by atoms with Crippen LogP contribution in [0.2, 0.25) is 0 Å². The Morgan fingerprint density at radius 2 is 2.08 bits per heavy atom. The van der Waals surface area contributed by atoms with E-state index in [2.05, 4.69) is 28.6 Å². The van der Waals surface area contributed by atoms with Crippen molar-refractivity contribution in [1.29, 1.82) is 0 Å². The second-order valence-electron chi connectivity index (χ2n) is 6.03. The summed E-state index contributed by atoms with van der Waals surface area (Å²) in [5, 5.41) is 19.3. The summed E-state index contributed by atoms with van der Waals surface area (Å²) in [5.41, 5.74) is 4.26. The van der Waals surface area contributed by atoms with Gasteiger partial charge in [-0.15, -0.1) is 22.7 Å². The van der Waals surface area contributed by atoms with Crippen LogP contribution in [0.5, 0.6) is 0 Å². The summed E-state index contributed by atoms with van der Waals surface area (Å²) in [6.45, 7) is 0. The third-order valence-electron chi connectivity index (χ3n) is 4.47. The van der Waals surface area contributed by atoms with E-state index in [1.54, 1.807) is 21.4 Å². The first-order valence-electron chi connectivity index (χ1n) is 8.16. The summed E-state index contributed by atoms with van der Waals surface area (Å²) in [7, 11) is 0. The maximum Gasteiger partial charge on any atom is 0.355 e. The Hall–Kier alpha value is -2.77. The lowest BCUT2D eigenvalue weighted by atomic mass is 9.99. The van der Waals surface area contributed by atoms with E-state index in [1.807, 2.05) is 18.2 Å². The second-order valence-corrected chi connectivity index (χ2v) is 7.83. The highest BCUT2D eigenvalue weighted by molar-refractivity contribution is 7.12. The lowest BCUT2D eigenvalue weighted by molar-refractivity contribution is 0.0691. The number of rotatable bonds is 3.